The number of benzene rings is 2. The number of fused-ring (bicyclic) bond motifs is 1. The van der Waals surface area contributed by atoms with Crippen LogP contribution in [0.15, 0.2) is 40.8 Å². The lowest BCUT2D eigenvalue weighted by Crippen LogP contribution is -2.18. The van der Waals surface area contributed by atoms with E-state index in [0.717, 1.165) is 16.6 Å². The van der Waals surface area contributed by atoms with Crippen LogP contribution in [0.2, 0.25) is 5.02 Å². The first kappa shape index (κ1) is 17.3. The first-order chi connectivity index (χ1) is 12.6. The summed E-state index contributed by atoms with van der Waals surface area (Å²) in [7, 11) is 1.64. The zero-order valence-corrected chi connectivity index (χ0v) is 16.1. The molecule has 1 heterocycles. The Bertz CT molecular complexity index is 978. The largest absolute Gasteiger partial charge is 0.455 e. The van der Waals surface area contributed by atoms with Crippen molar-refractivity contribution in [2.75, 3.05) is 18.0 Å². The Kier molecular flexibility index (Phi) is 4.59. The molecule has 1 aliphatic rings. The van der Waals surface area contributed by atoms with E-state index in [2.05, 4.69) is 16.1 Å². The van der Waals surface area contributed by atoms with Crippen molar-refractivity contribution in [1.29, 1.82) is 0 Å². The molecule has 1 aliphatic carbocycles. The van der Waals surface area contributed by atoms with Crippen LogP contribution >= 0.6 is 23.5 Å². The highest BCUT2D eigenvalue weighted by Crippen LogP contribution is 2.47. The summed E-state index contributed by atoms with van der Waals surface area (Å²) in [4.78, 5) is 12.6. The van der Waals surface area contributed by atoms with Crippen molar-refractivity contribution in [2.24, 2.45) is 0 Å². The van der Waals surface area contributed by atoms with Crippen LogP contribution < -0.4 is 10.0 Å². The lowest BCUT2D eigenvalue weighted by atomic mass is 10.0. The zero-order chi connectivity index (χ0) is 18.3. The summed E-state index contributed by atoms with van der Waals surface area (Å²) in [6.07, 6.45) is 4.37. The Balaban J connectivity index is 1.96. The number of furan rings is 1. The van der Waals surface area contributed by atoms with Gasteiger partial charge in [0.05, 0.1) is 11.3 Å². The van der Waals surface area contributed by atoms with Gasteiger partial charge in [-0.2, -0.15) is 0 Å². The van der Waals surface area contributed by atoms with Crippen LogP contribution in [0.4, 0.5) is 5.69 Å². The van der Waals surface area contributed by atoms with Crippen molar-refractivity contribution in [1.82, 2.24) is 5.32 Å². The van der Waals surface area contributed by atoms with E-state index in [0.29, 0.717) is 27.8 Å². The van der Waals surface area contributed by atoms with Gasteiger partial charge in [-0.1, -0.05) is 23.5 Å². The molecule has 1 fully saturated rings. The van der Waals surface area contributed by atoms with Crippen molar-refractivity contribution in [3.8, 4) is 11.3 Å². The van der Waals surface area contributed by atoms with Crippen LogP contribution in [0.25, 0.3) is 22.3 Å². The average molecular weight is 387 g/mol. The van der Waals surface area contributed by atoms with Crippen molar-refractivity contribution in [2.45, 2.75) is 18.8 Å². The minimum Gasteiger partial charge on any atom is -0.455 e. The van der Waals surface area contributed by atoms with Crippen molar-refractivity contribution in [3.05, 3.63) is 52.5 Å². The predicted molar refractivity (Wildman–Crippen MR) is 109 cm³/mol. The second-order valence-corrected chi connectivity index (χ2v) is 7.46. The van der Waals surface area contributed by atoms with Crippen LogP contribution in [-0.2, 0) is 0 Å². The van der Waals surface area contributed by atoms with Crippen LogP contribution in [0, 0.1) is 0 Å². The molecule has 4 nitrogen and oxygen atoms in total. The highest BCUT2D eigenvalue weighted by atomic mass is 35.5. The number of anilines is 1. The van der Waals surface area contributed by atoms with Gasteiger partial charge in [-0.25, -0.2) is 0 Å². The first-order valence-electron chi connectivity index (χ1n) is 8.49. The fourth-order valence-corrected chi connectivity index (χ4v) is 3.77. The van der Waals surface area contributed by atoms with E-state index < -0.39 is 0 Å². The molecule has 0 unspecified atom stereocenters. The quantitative estimate of drug-likeness (QED) is 0.554. The van der Waals surface area contributed by atoms with Crippen LogP contribution in [0.3, 0.4) is 0 Å². The SMILES string of the molecule is CNC(=O)c1c(-c2ccc(Cl)cc2)oc2cc(NSC)c(C3CC3)cc12. The number of nitrogens with one attached hydrogen (secondary N) is 2. The molecule has 6 heteroatoms. The normalized spacial score (nSPS) is 13.8. The average Bonchev–Trinajstić information content (AvgIpc) is 3.42. The molecule has 1 aromatic heterocycles. The summed E-state index contributed by atoms with van der Waals surface area (Å²) < 4.78 is 9.48. The molecule has 0 spiro atoms. The molecule has 134 valence electrons. The molecule has 26 heavy (non-hydrogen) atoms. The summed E-state index contributed by atoms with van der Waals surface area (Å²) in [5.74, 6) is 0.973. The number of carbonyl (C=O) groups is 1. The van der Waals surface area contributed by atoms with E-state index in [-0.39, 0.29) is 5.91 Å². The van der Waals surface area contributed by atoms with Crippen LogP contribution in [-0.4, -0.2) is 19.2 Å². The number of hydrogen-bond acceptors (Lipinski definition) is 4. The highest BCUT2D eigenvalue weighted by molar-refractivity contribution is 7.99. The lowest BCUT2D eigenvalue weighted by molar-refractivity contribution is 0.0964. The first-order valence-corrected chi connectivity index (χ1v) is 10.1. The molecule has 1 saturated carbocycles. The smallest absolute Gasteiger partial charge is 0.255 e. The van der Waals surface area contributed by atoms with Gasteiger partial charge in [-0.05, 0) is 54.7 Å². The molecular formula is C20H19ClN2O2S. The number of hydrogen-bond donors (Lipinski definition) is 2. The van der Waals surface area contributed by atoms with Gasteiger partial charge in [0.25, 0.3) is 5.91 Å². The molecule has 0 bridgehead atoms. The fraction of sp³-hybridized carbons (Fsp3) is 0.250. The topological polar surface area (TPSA) is 54.3 Å². The minimum absolute atomic E-state index is 0.152. The molecule has 2 aromatic carbocycles. The van der Waals surface area contributed by atoms with Gasteiger partial charge in [-0.15, -0.1) is 0 Å². The van der Waals surface area contributed by atoms with E-state index in [1.165, 1.54) is 18.4 Å². The second kappa shape index (κ2) is 6.89. The van der Waals surface area contributed by atoms with Crippen molar-refractivity contribution < 1.29 is 9.21 Å². The predicted octanol–water partition coefficient (Wildman–Crippen LogP) is 5.68. The van der Waals surface area contributed by atoms with E-state index in [4.69, 9.17) is 16.0 Å². The van der Waals surface area contributed by atoms with Gasteiger partial charge in [0.1, 0.15) is 11.3 Å². The molecular weight excluding hydrogens is 368 g/mol. The fourth-order valence-electron chi connectivity index (χ4n) is 3.25. The van der Waals surface area contributed by atoms with Crippen molar-refractivity contribution in [3.63, 3.8) is 0 Å². The third-order valence-electron chi connectivity index (χ3n) is 4.65. The third kappa shape index (κ3) is 3.06. The number of halogens is 1. The van der Waals surface area contributed by atoms with Gasteiger partial charge in [0.2, 0.25) is 0 Å². The van der Waals surface area contributed by atoms with E-state index >= 15 is 0 Å². The summed E-state index contributed by atoms with van der Waals surface area (Å²) >= 11 is 7.56. The van der Waals surface area contributed by atoms with Gasteiger partial charge in [-0.3, -0.25) is 4.79 Å². The van der Waals surface area contributed by atoms with E-state index in [9.17, 15) is 4.79 Å². The van der Waals surface area contributed by atoms with Gasteiger partial charge < -0.3 is 14.5 Å². The Hall–Kier alpha value is -2.11. The number of amides is 1. The standard InChI is InChI=1S/C20H19ClN2O2S/c1-22-20(24)18-15-9-14(11-3-4-11)16(23-26-2)10-17(15)25-19(18)12-5-7-13(21)8-6-12/h5-11,23H,3-4H2,1-2H3,(H,22,24). The maximum absolute atomic E-state index is 12.6. The molecule has 0 saturated heterocycles. The monoisotopic (exact) mass is 386 g/mol. The molecule has 0 aliphatic heterocycles. The Morgan fingerprint density at radius 2 is 1.96 bits per heavy atom. The lowest BCUT2D eigenvalue weighted by Gasteiger charge is -2.09. The molecule has 1 amide bonds. The molecule has 0 radical (unpaired) electrons. The van der Waals surface area contributed by atoms with E-state index in [1.807, 2.05) is 24.5 Å². The summed E-state index contributed by atoms with van der Waals surface area (Å²) in [6, 6.07) is 11.5. The van der Waals surface area contributed by atoms with Crippen LogP contribution in [0.5, 0.6) is 0 Å². The van der Waals surface area contributed by atoms with E-state index in [1.54, 1.807) is 31.1 Å². The van der Waals surface area contributed by atoms with Gasteiger partial charge >= 0.3 is 0 Å². The van der Waals surface area contributed by atoms with Crippen LogP contribution in [0.1, 0.15) is 34.7 Å². The third-order valence-corrected chi connectivity index (χ3v) is 5.33. The Morgan fingerprint density at radius 1 is 1.23 bits per heavy atom. The second-order valence-electron chi connectivity index (χ2n) is 6.41. The van der Waals surface area contributed by atoms with Gasteiger partial charge in [0, 0.05) is 35.3 Å². The minimum atomic E-state index is -0.152. The zero-order valence-electron chi connectivity index (χ0n) is 14.6. The summed E-state index contributed by atoms with van der Waals surface area (Å²) in [6.45, 7) is 0. The molecule has 2 N–H and O–H groups in total. The Morgan fingerprint density at radius 3 is 2.58 bits per heavy atom. The van der Waals surface area contributed by atoms with Gasteiger partial charge in [0.15, 0.2) is 0 Å². The highest BCUT2D eigenvalue weighted by Gasteiger charge is 2.29. The maximum atomic E-state index is 12.6. The molecule has 3 aromatic rings. The number of carbonyl (C=O) groups excluding carboxylic acids is 1. The molecule has 0 atom stereocenters. The summed E-state index contributed by atoms with van der Waals surface area (Å²) in [5.41, 5.74) is 4.42. The Labute approximate surface area is 161 Å². The van der Waals surface area contributed by atoms with Crippen molar-refractivity contribution >= 4 is 46.1 Å². The maximum Gasteiger partial charge on any atom is 0.255 e. The molecule has 4 rings (SSSR count). The number of rotatable bonds is 5. The summed E-state index contributed by atoms with van der Waals surface area (Å²) in [5, 5.41) is 4.24.